The van der Waals surface area contributed by atoms with Crippen LogP contribution in [0.3, 0.4) is 0 Å². The molecule has 0 radical (unpaired) electrons. The van der Waals surface area contributed by atoms with Gasteiger partial charge in [0.05, 0.1) is 6.54 Å². The fraction of sp³-hybridized carbons (Fsp3) is 0.438. The summed E-state index contributed by atoms with van der Waals surface area (Å²) in [5.41, 5.74) is 0. The third kappa shape index (κ3) is 5.13. The fourth-order valence-electron chi connectivity index (χ4n) is 2.38. The van der Waals surface area contributed by atoms with Crippen molar-refractivity contribution in [1.29, 1.82) is 0 Å². The molecule has 24 heavy (non-hydrogen) atoms. The van der Waals surface area contributed by atoms with Crippen LogP contribution in [-0.4, -0.2) is 48.5 Å². The highest BCUT2D eigenvalue weighted by Gasteiger charge is 2.29. The van der Waals surface area contributed by atoms with Gasteiger partial charge < -0.3 is 15.0 Å². The van der Waals surface area contributed by atoms with Gasteiger partial charge in [-0.25, -0.2) is 4.79 Å². The Balaban J connectivity index is 1.75. The van der Waals surface area contributed by atoms with Crippen molar-refractivity contribution >= 4 is 29.4 Å². The maximum Gasteiger partial charge on any atom is 0.322 e. The monoisotopic (exact) mass is 353 g/mol. The van der Waals surface area contributed by atoms with Crippen LogP contribution in [0.25, 0.3) is 0 Å². The highest BCUT2D eigenvalue weighted by Crippen LogP contribution is 2.17. The molecule has 1 saturated heterocycles. The first kappa shape index (κ1) is 18.1. The number of urea groups is 1. The summed E-state index contributed by atoms with van der Waals surface area (Å²) in [7, 11) is 0. The zero-order valence-corrected chi connectivity index (χ0v) is 14.1. The minimum absolute atomic E-state index is 0.0823. The lowest BCUT2D eigenvalue weighted by Gasteiger charge is -2.21. The first-order valence-corrected chi connectivity index (χ1v) is 8.15. The molecule has 0 aromatic heterocycles. The van der Waals surface area contributed by atoms with Crippen LogP contribution in [0.4, 0.5) is 4.79 Å². The molecule has 1 aromatic rings. The predicted octanol–water partition coefficient (Wildman–Crippen LogP) is 1.56. The molecule has 7 nitrogen and oxygen atoms in total. The molecule has 1 heterocycles. The second-order valence-corrected chi connectivity index (χ2v) is 5.77. The molecule has 0 spiro atoms. The summed E-state index contributed by atoms with van der Waals surface area (Å²) in [6.45, 7) is 3.20. The van der Waals surface area contributed by atoms with Crippen molar-refractivity contribution in [2.75, 3.05) is 19.7 Å². The summed E-state index contributed by atoms with van der Waals surface area (Å²) >= 11 is 5.88. The van der Waals surface area contributed by atoms with Crippen molar-refractivity contribution in [3.63, 3.8) is 0 Å². The Morgan fingerprint density at radius 2 is 2.17 bits per heavy atom. The van der Waals surface area contributed by atoms with E-state index in [1.54, 1.807) is 29.2 Å². The van der Waals surface area contributed by atoms with Gasteiger partial charge in [0.15, 0.2) is 0 Å². The highest BCUT2D eigenvalue weighted by atomic mass is 35.5. The molecule has 1 aromatic carbocycles. The average Bonchev–Trinajstić information content (AvgIpc) is 2.87. The Labute approximate surface area is 145 Å². The van der Waals surface area contributed by atoms with Crippen LogP contribution in [0.1, 0.15) is 19.8 Å². The molecule has 1 aliphatic heterocycles. The number of rotatable bonds is 8. The normalized spacial score (nSPS) is 16.5. The minimum atomic E-state index is -0.636. The number of carbonyl (C=O) groups is 3. The Hall–Kier alpha value is -2.28. The van der Waals surface area contributed by atoms with E-state index < -0.39 is 12.1 Å². The van der Waals surface area contributed by atoms with E-state index in [9.17, 15) is 14.4 Å². The van der Waals surface area contributed by atoms with Crippen molar-refractivity contribution in [3.8, 4) is 5.75 Å². The van der Waals surface area contributed by atoms with Gasteiger partial charge >= 0.3 is 6.03 Å². The van der Waals surface area contributed by atoms with Crippen molar-refractivity contribution < 1.29 is 19.1 Å². The number of likely N-dealkylation sites (N-methyl/N-ethyl adjacent to an activating group) is 1. The second-order valence-electron chi connectivity index (χ2n) is 5.33. The van der Waals surface area contributed by atoms with E-state index >= 15 is 0 Å². The lowest BCUT2D eigenvalue weighted by molar-refractivity contribution is -0.131. The summed E-state index contributed by atoms with van der Waals surface area (Å²) in [6, 6.07) is 5.91. The van der Waals surface area contributed by atoms with Crippen LogP contribution in [0.5, 0.6) is 5.75 Å². The van der Waals surface area contributed by atoms with Crippen molar-refractivity contribution in [3.05, 3.63) is 29.3 Å². The first-order valence-electron chi connectivity index (χ1n) is 7.77. The van der Waals surface area contributed by atoms with Gasteiger partial charge in [0.25, 0.3) is 5.91 Å². The maximum atomic E-state index is 12.2. The van der Waals surface area contributed by atoms with E-state index in [2.05, 4.69) is 10.6 Å². The number of benzene rings is 1. The SMILES string of the molecule is CCN(CCOc1cccc(Cl)c1)C(=O)CC[C@@H]1NC(=O)NC1=O. The van der Waals surface area contributed by atoms with Crippen LogP contribution in [-0.2, 0) is 9.59 Å². The van der Waals surface area contributed by atoms with Crippen LogP contribution < -0.4 is 15.4 Å². The van der Waals surface area contributed by atoms with E-state index in [4.69, 9.17) is 16.3 Å². The van der Waals surface area contributed by atoms with Crippen LogP contribution >= 0.6 is 11.6 Å². The molecule has 130 valence electrons. The molecule has 2 rings (SSSR count). The minimum Gasteiger partial charge on any atom is -0.492 e. The van der Waals surface area contributed by atoms with Gasteiger partial charge in [-0.3, -0.25) is 14.9 Å². The lowest BCUT2D eigenvalue weighted by Crippen LogP contribution is -2.36. The molecular formula is C16H20ClN3O4. The zero-order chi connectivity index (χ0) is 17.5. The number of carbonyl (C=O) groups excluding carboxylic acids is 3. The van der Waals surface area contributed by atoms with Gasteiger partial charge in [0.1, 0.15) is 18.4 Å². The van der Waals surface area contributed by atoms with Crippen molar-refractivity contribution in [2.45, 2.75) is 25.8 Å². The average molecular weight is 354 g/mol. The summed E-state index contributed by atoms with van der Waals surface area (Å²) in [5.74, 6) is 0.178. The largest absolute Gasteiger partial charge is 0.492 e. The molecule has 1 atom stereocenters. The molecular weight excluding hydrogens is 334 g/mol. The van der Waals surface area contributed by atoms with Gasteiger partial charge in [0.2, 0.25) is 5.91 Å². The molecule has 0 aliphatic carbocycles. The standard InChI is InChI=1S/C16H20ClN3O4/c1-2-20(8-9-24-12-5-3-4-11(17)10-12)14(21)7-6-13-15(22)19-16(23)18-13/h3-5,10,13H,2,6-9H2,1H3,(H2,18,19,22,23)/t13-/m0/s1. The second kappa shape index (κ2) is 8.54. The number of nitrogens with zero attached hydrogens (tertiary/aromatic N) is 1. The molecule has 0 bridgehead atoms. The first-order chi connectivity index (χ1) is 11.5. The molecule has 1 aliphatic rings. The fourth-order valence-corrected chi connectivity index (χ4v) is 2.56. The van der Waals surface area contributed by atoms with E-state index in [1.807, 2.05) is 6.92 Å². The Morgan fingerprint density at radius 3 is 2.79 bits per heavy atom. The maximum absolute atomic E-state index is 12.2. The van der Waals surface area contributed by atoms with E-state index in [0.717, 1.165) is 0 Å². The third-order valence-corrected chi connectivity index (χ3v) is 3.90. The highest BCUT2D eigenvalue weighted by molar-refractivity contribution is 6.30. The van der Waals surface area contributed by atoms with Gasteiger partial charge in [-0.2, -0.15) is 0 Å². The molecule has 2 N–H and O–H groups in total. The molecule has 0 saturated carbocycles. The number of hydrogen-bond donors (Lipinski definition) is 2. The molecule has 1 fully saturated rings. The Kier molecular flexibility index (Phi) is 6.43. The molecule has 8 heteroatoms. The van der Waals surface area contributed by atoms with Gasteiger partial charge in [-0.05, 0) is 31.5 Å². The topological polar surface area (TPSA) is 87.7 Å². The number of imide groups is 1. The summed E-state index contributed by atoms with van der Waals surface area (Å²) in [6.07, 6.45) is 0.464. The molecule has 4 amide bonds. The van der Waals surface area contributed by atoms with Gasteiger partial charge in [0, 0.05) is 18.0 Å². The third-order valence-electron chi connectivity index (χ3n) is 3.67. The molecule has 0 unspecified atom stereocenters. The van der Waals surface area contributed by atoms with Crippen molar-refractivity contribution in [2.24, 2.45) is 0 Å². The Bertz CT molecular complexity index is 623. The Morgan fingerprint density at radius 1 is 1.38 bits per heavy atom. The van der Waals surface area contributed by atoms with E-state index in [1.165, 1.54) is 0 Å². The smallest absolute Gasteiger partial charge is 0.322 e. The summed E-state index contributed by atoms with van der Waals surface area (Å²) in [4.78, 5) is 36.3. The van der Waals surface area contributed by atoms with E-state index in [0.29, 0.717) is 30.5 Å². The quantitative estimate of drug-likeness (QED) is 0.694. The lowest BCUT2D eigenvalue weighted by atomic mass is 10.1. The van der Waals surface area contributed by atoms with E-state index in [-0.39, 0.29) is 24.7 Å². The summed E-state index contributed by atoms with van der Waals surface area (Å²) < 4.78 is 5.58. The predicted molar refractivity (Wildman–Crippen MR) is 88.9 cm³/mol. The number of halogens is 1. The van der Waals surface area contributed by atoms with Crippen LogP contribution in [0.2, 0.25) is 5.02 Å². The number of amides is 4. The van der Waals surface area contributed by atoms with Crippen LogP contribution in [0, 0.1) is 0 Å². The number of hydrogen-bond acceptors (Lipinski definition) is 4. The number of nitrogens with one attached hydrogen (secondary N) is 2. The number of ether oxygens (including phenoxy) is 1. The van der Waals surface area contributed by atoms with Crippen LogP contribution in [0.15, 0.2) is 24.3 Å². The van der Waals surface area contributed by atoms with Crippen molar-refractivity contribution in [1.82, 2.24) is 15.5 Å². The summed E-state index contributed by atoms with van der Waals surface area (Å²) in [5, 5.41) is 5.22. The van der Waals surface area contributed by atoms with Gasteiger partial charge in [-0.1, -0.05) is 17.7 Å². The van der Waals surface area contributed by atoms with Gasteiger partial charge in [-0.15, -0.1) is 0 Å². The zero-order valence-electron chi connectivity index (χ0n) is 13.4.